The Kier molecular flexibility index (Phi) is 6.53. The number of hydrogen-bond donors (Lipinski definition) is 3. The summed E-state index contributed by atoms with van der Waals surface area (Å²) in [6, 6.07) is 9.32. The Morgan fingerprint density at radius 1 is 1.24 bits per heavy atom. The number of imidazole rings is 1. The Bertz CT molecular complexity index is 800. The van der Waals surface area contributed by atoms with Crippen molar-refractivity contribution < 1.29 is 4.79 Å². The van der Waals surface area contributed by atoms with Gasteiger partial charge in [0.25, 0.3) is 0 Å². The number of nitrogens with zero attached hydrogens (tertiary/aromatic N) is 4. The highest BCUT2D eigenvalue weighted by Crippen LogP contribution is 2.07. The first-order chi connectivity index (χ1) is 11.7. The summed E-state index contributed by atoms with van der Waals surface area (Å²) < 4.78 is 1.54. The van der Waals surface area contributed by atoms with Crippen LogP contribution >= 0.6 is 12.4 Å². The zero-order chi connectivity index (χ0) is 16.8. The Balaban J connectivity index is 0.00000225. The predicted molar refractivity (Wildman–Crippen MR) is 97.4 cm³/mol. The number of carbonyl (C=O) groups excluding carboxylic acids is 1. The van der Waals surface area contributed by atoms with Crippen LogP contribution in [0, 0.1) is 0 Å². The van der Waals surface area contributed by atoms with Gasteiger partial charge in [0.05, 0.1) is 11.9 Å². The van der Waals surface area contributed by atoms with Crippen molar-refractivity contribution in [3.05, 3.63) is 54.1 Å². The molecule has 1 amide bonds. The fourth-order valence-electron chi connectivity index (χ4n) is 2.36. The Labute approximate surface area is 151 Å². The van der Waals surface area contributed by atoms with Gasteiger partial charge in [0, 0.05) is 17.6 Å². The summed E-state index contributed by atoms with van der Waals surface area (Å²) in [5, 5.41) is 10.9. The number of hydrogen-bond acceptors (Lipinski definition) is 5. The van der Waals surface area contributed by atoms with E-state index < -0.39 is 0 Å². The van der Waals surface area contributed by atoms with Crippen molar-refractivity contribution >= 4 is 29.9 Å². The molecular weight excluding hydrogens is 342 g/mol. The van der Waals surface area contributed by atoms with Gasteiger partial charge in [-0.05, 0) is 31.4 Å². The quantitative estimate of drug-likeness (QED) is 0.593. The molecule has 0 aliphatic carbocycles. The molecule has 4 N–H and O–H groups in total. The van der Waals surface area contributed by atoms with Gasteiger partial charge in [0.2, 0.25) is 5.91 Å². The molecule has 0 atom stereocenters. The lowest BCUT2D eigenvalue weighted by Gasteiger charge is -2.04. The molecule has 9 heteroatoms. The molecule has 0 radical (unpaired) electrons. The number of nitrogens with one attached hydrogen (secondary N) is 2. The van der Waals surface area contributed by atoms with Crippen molar-refractivity contribution in [1.29, 1.82) is 0 Å². The maximum Gasteiger partial charge on any atom is 0.246 e. The van der Waals surface area contributed by atoms with Crippen LogP contribution in [0.2, 0.25) is 0 Å². The highest BCUT2D eigenvalue weighted by atomic mass is 35.5. The molecule has 0 saturated heterocycles. The summed E-state index contributed by atoms with van der Waals surface area (Å²) in [4.78, 5) is 18.9. The molecule has 0 aliphatic rings. The highest BCUT2D eigenvalue weighted by molar-refractivity contribution is 5.90. The smallest absolute Gasteiger partial charge is 0.246 e. The molecule has 0 bridgehead atoms. The first-order valence-corrected chi connectivity index (χ1v) is 7.72. The predicted octanol–water partition coefficient (Wildman–Crippen LogP) is 1.82. The largest absolute Gasteiger partial charge is 0.369 e. The molecular formula is C16H20ClN7O. The van der Waals surface area contributed by atoms with Crippen LogP contribution in [0.15, 0.2) is 42.7 Å². The molecule has 1 aromatic carbocycles. The fourth-order valence-corrected chi connectivity index (χ4v) is 2.36. The highest BCUT2D eigenvalue weighted by Gasteiger charge is 2.07. The Morgan fingerprint density at radius 2 is 2.04 bits per heavy atom. The number of nitrogen functional groups attached to an aromatic ring is 1. The van der Waals surface area contributed by atoms with Crippen molar-refractivity contribution in [3.8, 4) is 0 Å². The second kappa shape index (κ2) is 8.84. The maximum atomic E-state index is 12.0. The average Bonchev–Trinajstić information content (AvgIpc) is 3.17. The van der Waals surface area contributed by atoms with Crippen LogP contribution in [0.3, 0.4) is 0 Å². The van der Waals surface area contributed by atoms with Gasteiger partial charge in [-0.3, -0.25) is 4.79 Å². The van der Waals surface area contributed by atoms with E-state index >= 15 is 0 Å². The molecule has 0 aliphatic heterocycles. The minimum atomic E-state index is -0.134. The minimum absolute atomic E-state index is 0. The third kappa shape index (κ3) is 5.61. The number of amides is 1. The monoisotopic (exact) mass is 361 g/mol. The van der Waals surface area contributed by atoms with E-state index in [0.717, 1.165) is 36.3 Å². The molecule has 25 heavy (non-hydrogen) atoms. The minimum Gasteiger partial charge on any atom is -0.369 e. The topological polar surface area (TPSA) is 115 Å². The van der Waals surface area contributed by atoms with E-state index in [1.54, 1.807) is 17.1 Å². The molecule has 0 unspecified atom stereocenters. The zero-order valence-electron chi connectivity index (χ0n) is 13.6. The van der Waals surface area contributed by atoms with Crippen LogP contribution in [-0.2, 0) is 24.2 Å². The molecule has 8 nitrogen and oxygen atoms in total. The zero-order valence-corrected chi connectivity index (χ0v) is 14.4. The van der Waals surface area contributed by atoms with Gasteiger partial charge in [-0.25, -0.2) is 9.67 Å². The number of H-pyrrole nitrogens is 1. The fraction of sp³-hybridized carbons (Fsp3) is 0.250. The molecule has 132 valence electrons. The Morgan fingerprint density at radius 3 is 2.76 bits per heavy atom. The number of anilines is 2. The van der Waals surface area contributed by atoms with E-state index in [9.17, 15) is 4.79 Å². The summed E-state index contributed by atoms with van der Waals surface area (Å²) in [7, 11) is 0. The molecule has 2 aromatic heterocycles. The van der Waals surface area contributed by atoms with Crippen LogP contribution in [0.1, 0.15) is 17.8 Å². The summed E-state index contributed by atoms with van der Waals surface area (Å²) in [6.07, 6.45) is 6.05. The van der Waals surface area contributed by atoms with Gasteiger partial charge in [-0.2, -0.15) is 0 Å². The summed E-state index contributed by atoms with van der Waals surface area (Å²) in [6.45, 7) is 0.138. The van der Waals surface area contributed by atoms with Crippen molar-refractivity contribution in [2.75, 3.05) is 11.1 Å². The number of nitrogens with two attached hydrogens (primary N) is 1. The van der Waals surface area contributed by atoms with Crippen molar-refractivity contribution in [2.45, 2.75) is 25.8 Å². The van der Waals surface area contributed by atoms with Gasteiger partial charge in [0.15, 0.2) is 5.95 Å². The lowest BCUT2D eigenvalue weighted by atomic mass is 10.2. The second-order valence-corrected chi connectivity index (χ2v) is 5.47. The normalized spacial score (nSPS) is 10.2. The number of rotatable bonds is 7. The van der Waals surface area contributed by atoms with Gasteiger partial charge >= 0.3 is 0 Å². The van der Waals surface area contributed by atoms with Crippen LogP contribution < -0.4 is 11.1 Å². The molecule has 0 spiro atoms. The number of halogens is 1. The third-order valence-electron chi connectivity index (χ3n) is 3.48. The number of para-hydroxylation sites is 1. The van der Waals surface area contributed by atoms with Crippen LogP contribution in [-0.4, -0.2) is 30.9 Å². The van der Waals surface area contributed by atoms with E-state index in [-0.39, 0.29) is 24.9 Å². The first-order valence-electron chi connectivity index (χ1n) is 7.72. The van der Waals surface area contributed by atoms with Crippen molar-refractivity contribution in [3.63, 3.8) is 0 Å². The number of aryl methyl sites for hydroxylation is 2. The van der Waals surface area contributed by atoms with Crippen LogP contribution in [0.25, 0.3) is 0 Å². The third-order valence-corrected chi connectivity index (χ3v) is 3.48. The summed E-state index contributed by atoms with van der Waals surface area (Å²) in [5.74, 6) is 0.297. The van der Waals surface area contributed by atoms with E-state index in [1.165, 1.54) is 0 Å². The molecule has 0 fully saturated rings. The standard InChI is InChI=1S/C16H19N7O.ClH/c17-16-18-9-13(20-16)7-4-8-14-10-23(22-21-14)11-15(24)19-12-5-2-1-3-6-12;/h1-3,5-6,9-10H,4,7-8,11H2,(H,19,24)(H3,17,18,20);1H. The molecule has 2 heterocycles. The summed E-state index contributed by atoms with van der Waals surface area (Å²) in [5.41, 5.74) is 8.16. The van der Waals surface area contributed by atoms with Gasteiger partial charge in [0.1, 0.15) is 6.54 Å². The first kappa shape index (κ1) is 18.5. The lowest BCUT2D eigenvalue weighted by Crippen LogP contribution is -2.19. The molecule has 3 aromatic rings. The van der Waals surface area contributed by atoms with Crippen LogP contribution in [0.5, 0.6) is 0 Å². The number of aromatic amines is 1. The number of benzene rings is 1. The van der Waals surface area contributed by atoms with Gasteiger partial charge < -0.3 is 16.0 Å². The van der Waals surface area contributed by atoms with E-state index in [4.69, 9.17) is 5.73 Å². The van der Waals surface area contributed by atoms with Crippen molar-refractivity contribution in [1.82, 2.24) is 25.0 Å². The SMILES string of the molecule is Cl.Nc1ncc(CCCc2cn(CC(=O)Nc3ccccc3)nn2)[nH]1. The maximum absolute atomic E-state index is 12.0. The number of carbonyl (C=O) groups is 1. The number of aromatic nitrogens is 5. The van der Waals surface area contributed by atoms with Crippen LogP contribution in [0.4, 0.5) is 11.6 Å². The summed E-state index contributed by atoms with van der Waals surface area (Å²) >= 11 is 0. The average molecular weight is 362 g/mol. The second-order valence-electron chi connectivity index (χ2n) is 5.47. The van der Waals surface area contributed by atoms with Gasteiger partial charge in [-0.15, -0.1) is 17.5 Å². The molecule has 0 saturated carbocycles. The lowest BCUT2D eigenvalue weighted by molar-refractivity contribution is -0.116. The van der Waals surface area contributed by atoms with Gasteiger partial charge in [-0.1, -0.05) is 23.4 Å². The Hall–Kier alpha value is -2.87. The molecule has 3 rings (SSSR count). The van der Waals surface area contributed by atoms with E-state index in [2.05, 4.69) is 25.6 Å². The van der Waals surface area contributed by atoms with E-state index in [1.807, 2.05) is 30.3 Å². The van der Waals surface area contributed by atoms with E-state index in [0.29, 0.717) is 5.95 Å². The van der Waals surface area contributed by atoms with Crippen molar-refractivity contribution in [2.24, 2.45) is 0 Å².